The minimum absolute atomic E-state index is 0.709. The van der Waals surface area contributed by atoms with Crippen LogP contribution in [0, 0.1) is 0 Å². The highest BCUT2D eigenvalue weighted by atomic mass is 15.2. The van der Waals surface area contributed by atoms with Crippen LogP contribution in [0.3, 0.4) is 0 Å². The molecule has 2 N–H and O–H groups in total. The van der Waals surface area contributed by atoms with Crippen molar-refractivity contribution >= 4 is 17.0 Å². The standard InChI is InChI=1S/C11H12N6/c1-17(2)9-4-3-7-10(14-9)15-11(13-7)8-5-6-12-16-8/h3-6H,1-2H3,(H,12,16)(H,13,14,15). The summed E-state index contributed by atoms with van der Waals surface area (Å²) >= 11 is 0. The molecule has 17 heavy (non-hydrogen) atoms. The summed E-state index contributed by atoms with van der Waals surface area (Å²) < 4.78 is 0. The molecule has 0 aliphatic heterocycles. The van der Waals surface area contributed by atoms with E-state index in [1.807, 2.05) is 37.2 Å². The molecule has 3 aromatic rings. The molecule has 0 aromatic carbocycles. The van der Waals surface area contributed by atoms with Crippen LogP contribution in [0.4, 0.5) is 5.82 Å². The maximum Gasteiger partial charge on any atom is 0.180 e. The number of aromatic nitrogens is 5. The van der Waals surface area contributed by atoms with Gasteiger partial charge in [0.05, 0.1) is 5.52 Å². The Morgan fingerprint density at radius 3 is 2.71 bits per heavy atom. The molecule has 0 spiro atoms. The average molecular weight is 228 g/mol. The van der Waals surface area contributed by atoms with Gasteiger partial charge in [-0.1, -0.05) is 0 Å². The first kappa shape index (κ1) is 9.83. The zero-order valence-corrected chi connectivity index (χ0v) is 9.60. The fourth-order valence-electron chi connectivity index (χ4n) is 1.65. The Labute approximate surface area is 97.7 Å². The molecule has 86 valence electrons. The highest BCUT2D eigenvalue weighted by Gasteiger charge is 2.08. The number of hydrogen-bond donors (Lipinski definition) is 2. The number of fused-ring (bicyclic) bond motifs is 1. The predicted octanol–water partition coefficient (Wildman–Crippen LogP) is 1.41. The van der Waals surface area contributed by atoms with E-state index in [9.17, 15) is 0 Å². The van der Waals surface area contributed by atoms with Crippen LogP contribution in [-0.2, 0) is 0 Å². The molecule has 0 unspecified atom stereocenters. The van der Waals surface area contributed by atoms with Gasteiger partial charge in [0.25, 0.3) is 0 Å². The van der Waals surface area contributed by atoms with Gasteiger partial charge in [-0.05, 0) is 18.2 Å². The van der Waals surface area contributed by atoms with Crippen molar-refractivity contribution < 1.29 is 0 Å². The van der Waals surface area contributed by atoms with Crippen LogP contribution in [0.5, 0.6) is 0 Å². The highest BCUT2D eigenvalue weighted by Crippen LogP contribution is 2.19. The molecule has 0 aliphatic carbocycles. The molecule has 0 fully saturated rings. The molecule has 3 aromatic heterocycles. The number of nitrogens with one attached hydrogen (secondary N) is 2. The first-order chi connectivity index (χ1) is 8.24. The monoisotopic (exact) mass is 228 g/mol. The minimum Gasteiger partial charge on any atom is -0.363 e. The fraction of sp³-hybridized carbons (Fsp3) is 0.182. The maximum atomic E-state index is 4.45. The minimum atomic E-state index is 0.709. The van der Waals surface area contributed by atoms with E-state index in [-0.39, 0.29) is 0 Å². The quantitative estimate of drug-likeness (QED) is 0.695. The van der Waals surface area contributed by atoms with Gasteiger partial charge in [0.2, 0.25) is 0 Å². The normalized spacial score (nSPS) is 10.9. The molecular weight excluding hydrogens is 216 g/mol. The van der Waals surface area contributed by atoms with Crippen LogP contribution >= 0.6 is 0 Å². The van der Waals surface area contributed by atoms with Gasteiger partial charge < -0.3 is 9.88 Å². The lowest BCUT2D eigenvalue weighted by Crippen LogP contribution is -2.10. The molecule has 0 saturated heterocycles. The zero-order valence-electron chi connectivity index (χ0n) is 9.60. The summed E-state index contributed by atoms with van der Waals surface area (Å²) in [6.07, 6.45) is 1.70. The second-order valence-electron chi connectivity index (χ2n) is 3.99. The summed E-state index contributed by atoms with van der Waals surface area (Å²) in [5.74, 6) is 1.64. The van der Waals surface area contributed by atoms with Crippen molar-refractivity contribution in [3.63, 3.8) is 0 Å². The predicted molar refractivity (Wildman–Crippen MR) is 65.8 cm³/mol. The largest absolute Gasteiger partial charge is 0.363 e. The van der Waals surface area contributed by atoms with Crippen molar-refractivity contribution in [3.05, 3.63) is 24.4 Å². The number of hydrogen-bond acceptors (Lipinski definition) is 4. The SMILES string of the molecule is CN(C)c1ccc2[nH]c(-c3ccn[nH]3)nc2n1. The van der Waals surface area contributed by atoms with Crippen molar-refractivity contribution in [2.24, 2.45) is 0 Å². The van der Waals surface area contributed by atoms with Crippen molar-refractivity contribution in [3.8, 4) is 11.5 Å². The number of anilines is 1. The zero-order chi connectivity index (χ0) is 11.8. The van der Waals surface area contributed by atoms with E-state index in [0.29, 0.717) is 5.65 Å². The molecule has 3 heterocycles. The third-order valence-corrected chi connectivity index (χ3v) is 2.55. The van der Waals surface area contributed by atoms with Crippen LogP contribution in [0.25, 0.3) is 22.7 Å². The Kier molecular flexibility index (Phi) is 2.07. The van der Waals surface area contributed by atoms with Crippen molar-refractivity contribution in [1.29, 1.82) is 0 Å². The van der Waals surface area contributed by atoms with Crippen LogP contribution in [0.2, 0.25) is 0 Å². The molecule has 0 saturated carbocycles. The Morgan fingerprint density at radius 1 is 1.12 bits per heavy atom. The summed E-state index contributed by atoms with van der Waals surface area (Å²) in [7, 11) is 3.91. The molecule has 0 atom stereocenters. The van der Waals surface area contributed by atoms with E-state index in [4.69, 9.17) is 0 Å². The van der Waals surface area contributed by atoms with E-state index in [2.05, 4.69) is 25.1 Å². The Hall–Kier alpha value is -2.37. The number of H-pyrrole nitrogens is 2. The molecule has 0 radical (unpaired) electrons. The number of aromatic amines is 2. The third-order valence-electron chi connectivity index (χ3n) is 2.55. The van der Waals surface area contributed by atoms with E-state index in [0.717, 1.165) is 22.9 Å². The number of imidazole rings is 1. The van der Waals surface area contributed by atoms with E-state index < -0.39 is 0 Å². The molecule has 6 heteroatoms. The second-order valence-corrected chi connectivity index (χ2v) is 3.99. The first-order valence-corrected chi connectivity index (χ1v) is 5.28. The van der Waals surface area contributed by atoms with Crippen LogP contribution < -0.4 is 4.90 Å². The average Bonchev–Trinajstić information content (AvgIpc) is 2.96. The first-order valence-electron chi connectivity index (χ1n) is 5.28. The van der Waals surface area contributed by atoms with Gasteiger partial charge >= 0.3 is 0 Å². The summed E-state index contributed by atoms with van der Waals surface area (Å²) in [5, 5.41) is 6.77. The lowest BCUT2D eigenvalue weighted by molar-refractivity contribution is 1.07. The molecule has 0 bridgehead atoms. The van der Waals surface area contributed by atoms with Gasteiger partial charge in [-0.2, -0.15) is 5.10 Å². The van der Waals surface area contributed by atoms with E-state index in [1.54, 1.807) is 6.20 Å². The van der Waals surface area contributed by atoms with Crippen LogP contribution in [0.1, 0.15) is 0 Å². The molecule has 3 rings (SSSR count). The van der Waals surface area contributed by atoms with Crippen LogP contribution in [0.15, 0.2) is 24.4 Å². The summed E-state index contributed by atoms with van der Waals surface area (Å²) in [5.41, 5.74) is 2.48. The number of rotatable bonds is 2. The van der Waals surface area contributed by atoms with Crippen molar-refractivity contribution in [2.75, 3.05) is 19.0 Å². The van der Waals surface area contributed by atoms with Crippen LogP contribution in [-0.4, -0.2) is 39.2 Å². The van der Waals surface area contributed by atoms with Gasteiger partial charge in [0.1, 0.15) is 11.5 Å². The lowest BCUT2D eigenvalue weighted by Gasteiger charge is -2.09. The van der Waals surface area contributed by atoms with Gasteiger partial charge in [-0.3, -0.25) is 5.10 Å². The smallest absolute Gasteiger partial charge is 0.180 e. The Bertz CT molecular complexity index is 637. The number of nitrogens with zero attached hydrogens (tertiary/aromatic N) is 4. The van der Waals surface area contributed by atoms with E-state index in [1.165, 1.54) is 0 Å². The summed E-state index contributed by atoms with van der Waals surface area (Å²) in [6, 6.07) is 5.80. The molecular formula is C11H12N6. The van der Waals surface area contributed by atoms with Crippen molar-refractivity contribution in [2.45, 2.75) is 0 Å². The Morgan fingerprint density at radius 2 is 2.00 bits per heavy atom. The van der Waals surface area contributed by atoms with E-state index >= 15 is 0 Å². The fourth-order valence-corrected chi connectivity index (χ4v) is 1.65. The maximum absolute atomic E-state index is 4.45. The highest BCUT2D eigenvalue weighted by molar-refractivity contribution is 5.76. The second kappa shape index (κ2) is 3.58. The summed E-state index contributed by atoms with van der Waals surface area (Å²) in [6.45, 7) is 0. The summed E-state index contributed by atoms with van der Waals surface area (Å²) in [4.78, 5) is 14.0. The topological polar surface area (TPSA) is 73.5 Å². The van der Waals surface area contributed by atoms with Gasteiger partial charge in [-0.25, -0.2) is 9.97 Å². The van der Waals surface area contributed by atoms with Gasteiger partial charge in [0.15, 0.2) is 11.5 Å². The number of pyridine rings is 1. The lowest BCUT2D eigenvalue weighted by atomic mass is 10.4. The van der Waals surface area contributed by atoms with Gasteiger partial charge in [-0.15, -0.1) is 0 Å². The Balaban J connectivity index is 2.13. The molecule has 0 amide bonds. The van der Waals surface area contributed by atoms with Crippen molar-refractivity contribution in [1.82, 2.24) is 25.1 Å². The van der Waals surface area contributed by atoms with Gasteiger partial charge in [0, 0.05) is 20.3 Å². The molecule has 0 aliphatic rings. The third kappa shape index (κ3) is 1.63. The molecule has 6 nitrogen and oxygen atoms in total.